The maximum Gasteiger partial charge on any atom is 0.310 e. The Morgan fingerprint density at radius 2 is 2.14 bits per heavy atom. The molecule has 0 radical (unpaired) electrons. The number of nitrogens with zero attached hydrogens (tertiary/aromatic N) is 1. The van der Waals surface area contributed by atoms with E-state index in [9.17, 15) is 18.3 Å². The van der Waals surface area contributed by atoms with Gasteiger partial charge in [0.1, 0.15) is 0 Å². The van der Waals surface area contributed by atoms with Crippen LogP contribution in [-0.2, 0) is 19.7 Å². The standard InChI is InChI=1S/C13H26N2O5S/c1-4-20-13(17)11-6-5-7-15(8-11)21(18,19)14-12(9-16)10(2)3/h10-12,14,16H,4-9H2,1-3H3. The van der Waals surface area contributed by atoms with Gasteiger partial charge in [-0.05, 0) is 25.7 Å². The monoisotopic (exact) mass is 322 g/mol. The summed E-state index contributed by atoms with van der Waals surface area (Å²) in [7, 11) is -3.71. The van der Waals surface area contributed by atoms with E-state index in [1.165, 1.54) is 4.31 Å². The van der Waals surface area contributed by atoms with E-state index in [-0.39, 0.29) is 25.0 Å². The average Bonchev–Trinajstić information content (AvgIpc) is 2.45. The lowest BCUT2D eigenvalue weighted by Gasteiger charge is -2.32. The van der Waals surface area contributed by atoms with E-state index in [1.54, 1.807) is 6.92 Å². The predicted octanol–water partition coefficient (Wildman–Crippen LogP) is 0.113. The number of aliphatic hydroxyl groups is 1. The van der Waals surface area contributed by atoms with Crippen molar-refractivity contribution in [2.24, 2.45) is 11.8 Å². The van der Waals surface area contributed by atoms with Gasteiger partial charge in [0, 0.05) is 19.1 Å². The molecule has 1 rings (SSSR count). The zero-order valence-corrected chi connectivity index (χ0v) is 13.7. The molecule has 1 aliphatic rings. The van der Waals surface area contributed by atoms with Crippen molar-refractivity contribution in [1.29, 1.82) is 0 Å². The molecule has 0 saturated carbocycles. The minimum Gasteiger partial charge on any atom is -0.466 e. The maximum absolute atomic E-state index is 12.3. The number of nitrogens with one attached hydrogen (secondary N) is 1. The summed E-state index contributed by atoms with van der Waals surface area (Å²) in [6, 6.07) is -0.530. The number of aliphatic hydroxyl groups excluding tert-OH is 1. The van der Waals surface area contributed by atoms with Crippen LogP contribution < -0.4 is 4.72 Å². The van der Waals surface area contributed by atoms with Crippen LogP contribution in [0.2, 0.25) is 0 Å². The molecule has 1 aliphatic heterocycles. The number of piperidine rings is 1. The second-order valence-corrected chi connectivity index (χ2v) is 7.31. The summed E-state index contributed by atoms with van der Waals surface area (Å²) >= 11 is 0. The molecule has 2 atom stereocenters. The van der Waals surface area contributed by atoms with Crippen molar-refractivity contribution < 1.29 is 23.1 Å². The molecule has 8 heteroatoms. The molecule has 0 amide bonds. The zero-order chi connectivity index (χ0) is 16.0. The molecular formula is C13H26N2O5S. The molecule has 0 spiro atoms. The van der Waals surface area contributed by atoms with Crippen LogP contribution in [0.15, 0.2) is 0 Å². The van der Waals surface area contributed by atoms with Crippen molar-refractivity contribution >= 4 is 16.2 Å². The number of hydrogen-bond donors (Lipinski definition) is 2. The van der Waals surface area contributed by atoms with Gasteiger partial charge in [-0.3, -0.25) is 4.79 Å². The van der Waals surface area contributed by atoms with Gasteiger partial charge in [0.05, 0.1) is 19.1 Å². The van der Waals surface area contributed by atoms with E-state index in [1.807, 2.05) is 13.8 Å². The lowest BCUT2D eigenvalue weighted by atomic mass is 10.0. The molecule has 0 aliphatic carbocycles. The molecule has 1 heterocycles. The highest BCUT2D eigenvalue weighted by molar-refractivity contribution is 7.87. The van der Waals surface area contributed by atoms with Gasteiger partial charge < -0.3 is 9.84 Å². The Labute approximate surface area is 126 Å². The number of ether oxygens (including phenoxy) is 1. The molecule has 2 N–H and O–H groups in total. The highest BCUT2D eigenvalue weighted by Crippen LogP contribution is 2.20. The number of rotatable bonds is 7. The molecule has 0 aromatic carbocycles. The highest BCUT2D eigenvalue weighted by Gasteiger charge is 2.34. The largest absolute Gasteiger partial charge is 0.466 e. The summed E-state index contributed by atoms with van der Waals surface area (Å²) in [6.07, 6.45) is 1.26. The molecule has 124 valence electrons. The number of esters is 1. The highest BCUT2D eigenvalue weighted by atomic mass is 32.2. The Balaban J connectivity index is 2.72. The second-order valence-electron chi connectivity index (χ2n) is 5.61. The first-order chi connectivity index (χ1) is 9.81. The van der Waals surface area contributed by atoms with E-state index < -0.39 is 22.2 Å². The van der Waals surface area contributed by atoms with Crippen LogP contribution in [0.1, 0.15) is 33.6 Å². The number of carbonyl (C=O) groups is 1. The lowest BCUT2D eigenvalue weighted by Crippen LogP contribution is -2.52. The molecule has 0 aromatic rings. The maximum atomic E-state index is 12.3. The molecule has 21 heavy (non-hydrogen) atoms. The third-order valence-corrected chi connectivity index (χ3v) is 5.26. The van der Waals surface area contributed by atoms with Gasteiger partial charge in [-0.2, -0.15) is 17.4 Å². The fraction of sp³-hybridized carbons (Fsp3) is 0.923. The fourth-order valence-corrected chi connectivity index (χ4v) is 3.89. The normalized spacial score (nSPS) is 22.2. The molecule has 7 nitrogen and oxygen atoms in total. The van der Waals surface area contributed by atoms with Gasteiger partial charge in [-0.25, -0.2) is 0 Å². The summed E-state index contributed by atoms with van der Waals surface area (Å²) < 4.78 is 33.4. The molecule has 1 fully saturated rings. The van der Waals surface area contributed by atoms with E-state index >= 15 is 0 Å². The van der Waals surface area contributed by atoms with Crippen molar-refractivity contribution in [3.63, 3.8) is 0 Å². The summed E-state index contributed by atoms with van der Waals surface area (Å²) in [5.74, 6) is -0.780. The van der Waals surface area contributed by atoms with Crippen LogP contribution in [-0.4, -0.2) is 56.1 Å². The van der Waals surface area contributed by atoms with Gasteiger partial charge in [0.25, 0.3) is 10.2 Å². The van der Waals surface area contributed by atoms with Gasteiger partial charge in [0.2, 0.25) is 0 Å². The Morgan fingerprint density at radius 3 is 2.67 bits per heavy atom. The van der Waals surface area contributed by atoms with Crippen molar-refractivity contribution in [1.82, 2.24) is 9.03 Å². The molecular weight excluding hydrogens is 296 g/mol. The summed E-state index contributed by atoms with van der Waals surface area (Å²) in [4.78, 5) is 11.8. The average molecular weight is 322 g/mol. The number of carbonyl (C=O) groups excluding carboxylic acids is 1. The van der Waals surface area contributed by atoms with Crippen molar-refractivity contribution in [2.75, 3.05) is 26.3 Å². The van der Waals surface area contributed by atoms with Crippen LogP contribution in [0, 0.1) is 11.8 Å². The topological polar surface area (TPSA) is 95.9 Å². The van der Waals surface area contributed by atoms with E-state index in [4.69, 9.17) is 4.74 Å². The van der Waals surface area contributed by atoms with Crippen LogP contribution in [0.25, 0.3) is 0 Å². The van der Waals surface area contributed by atoms with Crippen LogP contribution in [0.5, 0.6) is 0 Å². The van der Waals surface area contributed by atoms with E-state index in [0.717, 1.165) is 0 Å². The lowest BCUT2D eigenvalue weighted by molar-refractivity contribution is -0.149. The zero-order valence-electron chi connectivity index (χ0n) is 12.9. The van der Waals surface area contributed by atoms with Crippen LogP contribution >= 0.6 is 0 Å². The Kier molecular flexibility index (Phi) is 7.05. The minimum atomic E-state index is -3.71. The molecule has 0 bridgehead atoms. The van der Waals surface area contributed by atoms with Crippen molar-refractivity contribution in [3.8, 4) is 0 Å². The summed E-state index contributed by atoms with van der Waals surface area (Å²) in [6.45, 7) is 5.94. The molecule has 0 aromatic heterocycles. The second kappa shape index (κ2) is 8.07. The third kappa shape index (κ3) is 5.21. The van der Waals surface area contributed by atoms with E-state index in [0.29, 0.717) is 26.0 Å². The first-order valence-corrected chi connectivity index (χ1v) is 8.80. The Bertz CT molecular complexity index is 438. The van der Waals surface area contributed by atoms with Gasteiger partial charge in [-0.1, -0.05) is 13.8 Å². The van der Waals surface area contributed by atoms with Crippen molar-refractivity contribution in [3.05, 3.63) is 0 Å². The summed E-state index contributed by atoms with van der Waals surface area (Å²) in [5, 5.41) is 9.25. The van der Waals surface area contributed by atoms with Gasteiger partial charge in [-0.15, -0.1) is 0 Å². The first-order valence-electron chi connectivity index (χ1n) is 7.36. The minimum absolute atomic E-state index is 0.0181. The van der Waals surface area contributed by atoms with Crippen LogP contribution in [0.4, 0.5) is 0 Å². The predicted molar refractivity (Wildman–Crippen MR) is 78.7 cm³/mol. The number of hydrogen-bond acceptors (Lipinski definition) is 5. The molecule has 1 saturated heterocycles. The quantitative estimate of drug-likeness (QED) is 0.649. The Hall–Kier alpha value is -0.700. The van der Waals surface area contributed by atoms with Gasteiger partial charge in [0.15, 0.2) is 0 Å². The Morgan fingerprint density at radius 1 is 1.48 bits per heavy atom. The van der Waals surface area contributed by atoms with Gasteiger partial charge >= 0.3 is 5.97 Å². The van der Waals surface area contributed by atoms with Crippen LogP contribution in [0.3, 0.4) is 0 Å². The first kappa shape index (κ1) is 18.3. The summed E-state index contributed by atoms with van der Waals surface area (Å²) in [5.41, 5.74) is 0. The smallest absolute Gasteiger partial charge is 0.310 e. The van der Waals surface area contributed by atoms with Crippen molar-refractivity contribution in [2.45, 2.75) is 39.7 Å². The van der Waals surface area contributed by atoms with E-state index in [2.05, 4.69) is 4.72 Å². The molecule has 2 unspecified atom stereocenters. The fourth-order valence-electron chi connectivity index (χ4n) is 2.26. The SMILES string of the molecule is CCOC(=O)C1CCCN(S(=O)(=O)NC(CO)C(C)C)C1. The third-order valence-electron chi connectivity index (χ3n) is 3.65.